The summed E-state index contributed by atoms with van der Waals surface area (Å²) in [5, 5.41) is 5.19. The molecule has 0 unspecified atom stereocenters. The third-order valence-corrected chi connectivity index (χ3v) is 5.96. The second kappa shape index (κ2) is 10.1. The smallest absolute Gasteiger partial charge is 0.261 e. The van der Waals surface area contributed by atoms with Gasteiger partial charge in [0.1, 0.15) is 11.6 Å². The number of benzene rings is 3. The predicted molar refractivity (Wildman–Crippen MR) is 122 cm³/mol. The normalized spacial score (nSPS) is 10.9. The molecule has 0 aliphatic rings. The monoisotopic (exact) mass is 471 g/mol. The summed E-state index contributed by atoms with van der Waals surface area (Å²) in [7, 11) is -2.41. The maximum atomic E-state index is 13.0. The van der Waals surface area contributed by atoms with Gasteiger partial charge in [0.15, 0.2) is 0 Å². The number of aryl methyl sites for hydroxylation is 1. The summed E-state index contributed by atoms with van der Waals surface area (Å²) in [4.78, 5) is 24.5. The van der Waals surface area contributed by atoms with Crippen molar-refractivity contribution in [2.45, 2.75) is 11.8 Å². The zero-order valence-electron chi connectivity index (χ0n) is 17.9. The van der Waals surface area contributed by atoms with Crippen molar-refractivity contribution in [3.05, 3.63) is 83.7 Å². The van der Waals surface area contributed by atoms with Gasteiger partial charge in [-0.3, -0.25) is 14.3 Å². The molecule has 0 saturated heterocycles. The number of hydrogen-bond donors (Lipinski definition) is 3. The van der Waals surface area contributed by atoms with Gasteiger partial charge in [0.2, 0.25) is 5.91 Å². The molecule has 33 heavy (non-hydrogen) atoms. The van der Waals surface area contributed by atoms with Crippen molar-refractivity contribution in [3.8, 4) is 5.75 Å². The summed E-state index contributed by atoms with van der Waals surface area (Å²) in [6.45, 7) is 1.61. The van der Waals surface area contributed by atoms with E-state index >= 15 is 0 Å². The largest absolute Gasteiger partial charge is 0.495 e. The van der Waals surface area contributed by atoms with Crippen molar-refractivity contribution in [2.24, 2.45) is 0 Å². The number of carbonyl (C=O) groups excluding carboxylic acids is 2. The summed E-state index contributed by atoms with van der Waals surface area (Å²) in [6, 6.07) is 15.4. The van der Waals surface area contributed by atoms with E-state index in [0.717, 1.165) is 29.8 Å². The highest BCUT2D eigenvalue weighted by Crippen LogP contribution is 2.25. The number of nitrogens with one attached hydrogen (secondary N) is 3. The summed E-state index contributed by atoms with van der Waals surface area (Å²) in [5.41, 5.74) is 1.89. The van der Waals surface area contributed by atoms with Crippen LogP contribution >= 0.6 is 0 Å². The molecule has 0 saturated carbocycles. The van der Waals surface area contributed by atoms with E-state index in [0.29, 0.717) is 11.4 Å². The molecule has 3 N–H and O–H groups in total. The highest BCUT2D eigenvalue weighted by Gasteiger charge is 2.15. The molecule has 0 aromatic heterocycles. The number of hydrogen-bond acceptors (Lipinski definition) is 5. The Balaban J connectivity index is 1.57. The van der Waals surface area contributed by atoms with Gasteiger partial charge < -0.3 is 15.4 Å². The number of amides is 2. The van der Waals surface area contributed by atoms with Gasteiger partial charge in [0, 0.05) is 11.3 Å². The van der Waals surface area contributed by atoms with Crippen molar-refractivity contribution in [3.63, 3.8) is 0 Å². The third-order valence-electron chi connectivity index (χ3n) is 4.56. The third kappa shape index (κ3) is 6.30. The average molecular weight is 472 g/mol. The first-order valence-electron chi connectivity index (χ1n) is 9.79. The lowest BCUT2D eigenvalue weighted by molar-refractivity contribution is -0.115. The van der Waals surface area contributed by atoms with Crippen molar-refractivity contribution in [1.82, 2.24) is 5.32 Å². The van der Waals surface area contributed by atoms with Gasteiger partial charge in [-0.2, -0.15) is 0 Å². The van der Waals surface area contributed by atoms with Crippen molar-refractivity contribution < 1.29 is 27.1 Å². The molecule has 3 rings (SSSR count). The maximum Gasteiger partial charge on any atom is 0.261 e. The van der Waals surface area contributed by atoms with Crippen LogP contribution in [0.15, 0.2) is 71.6 Å². The minimum atomic E-state index is -3.90. The summed E-state index contributed by atoms with van der Waals surface area (Å²) in [6.07, 6.45) is 0. The van der Waals surface area contributed by atoms with E-state index in [1.807, 2.05) is 13.0 Å². The first kappa shape index (κ1) is 23.7. The van der Waals surface area contributed by atoms with Crippen LogP contribution in [0.25, 0.3) is 0 Å². The molecule has 3 aromatic rings. The minimum Gasteiger partial charge on any atom is -0.495 e. The molecule has 0 fully saturated rings. The molecule has 172 valence electrons. The van der Waals surface area contributed by atoms with Crippen LogP contribution in [0.4, 0.5) is 15.8 Å². The second-order valence-corrected chi connectivity index (χ2v) is 8.75. The molecule has 2 amide bonds. The van der Waals surface area contributed by atoms with Gasteiger partial charge in [-0.1, -0.05) is 6.07 Å². The van der Waals surface area contributed by atoms with Crippen LogP contribution < -0.4 is 20.1 Å². The van der Waals surface area contributed by atoms with E-state index in [2.05, 4.69) is 15.4 Å². The molecule has 0 spiro atoms. The molecule has 3 aromatic carbocycles. The molecular formula is C23H22FN3O5S. The Morgan fingerprint density at radius 3 is 2.27 bits per heavy atom. The Hall–Kier alpha value is -3.92. The number of rotatable bonds is 8. The van der Waals surface area contributed by atoms with Crippen molar-refractivity contribution in [2.75, 3.05) is 23.7 Å². The summed E-state index contributed by atoms with van der Waals surface area (Å²) < 4.78 is 45.3. The lowest BCUT2D eigenvalue weighted by Crippen LogP contribution is -2.32. The molecule has 10 heteroatoms. The van der Waals surface area contributed by atoms with E-state index in [1.165, 1.54) is 31.4 Å². The maximum absolute atomic E-state index is 13.0. The van der Waals surface area contributed by atoms with Crippen LogP contribution in [0.2, 0.25) is 0 Å². The van der Waals surface area contributed by atoms with Gasteiger partial charge in [-0.25, -0.2) is 12.8 Å². The van der Waals surface area contributed by atoms with Gasteiger partial charge in [-0.15, -0.1) is 0 Å². The van der Waals surface area contributed by atoms with Crippen LogP contribution in [0.3, 0.4) is 0 Å². The lowest BCUT2D eigenvalue weighted by Gasteiger charge is -2.12. The Kier molecular flexibility index (Phi) is 7.29. The fourth-order valence-corrected chi connectivity index (χ4v) is 3.95. The number of methoxy groups -OCH3 is 1. The number of ether oxygens (including phenoxy) is 1. The molecule has 0 aliphatic heterocycles. The van der Waals surface area contributed by atoms with Crippen LogP contribution in [0.1, 0.15) is 15.9 Å². The van der Waals surface area contributed by atoms with Gasteiger partial charge in [-0.05, 0) is 73.2 Å². The van der Waals surface area contributed by atoms with Crippen LogP contribution in [-0.4, -0.2) is 33.9 Å². The fraction of sp³-hybridized carbons (Fsp3) is 0.130. The first-order chi connectivity index (χ1) is 15.7. The van der Waals surface area contributed by atoms with E-state index in [1.54, 1.807) is 12.1 Å². The van der Waals surface area contributed by atoms with E-state index in [9.17, 15) is 22.4 Å². The summed E-state index contributed by atoms with van der Waals surface area (Å²) in [5.74, 6) is -0.986. The summed E-state index contributed by atoms with van der Waals surface area (Å²) >= 11 is 0. The van der Waals surface area contributed by atoms with Crippen LogP contribution in [0, 0.1) is 12.7 Å². The number of sulfonamides is 1. The highest BCUT2D eigenvalue weighted by atomic mass is 32.2. The van der Waals surface area contributed by atoms with E-state index in [4.69, 9.17) is 4.74 Å². The molecule has 0 aliphatic carbocycles. The molecule has 0 radical (unpaired) electrons. The minimum absolute atomic E-state index is 0.0954. The fourth-order valence-electron chi connectivity index (χ4n) is 2.89. The van der Waals surface area contributed by atoms with E-state index in [-0.39, 0.29) is 22.7 Å². The second-order valence-electron chi connectivity index (χ2n) is 7.07. The molecular weight excluding hydrogens is 449 g/mol. The number of carbonyl (C=O) groups is 2. The topological polar surface area (TPSA) is 114 Å². The van der Waals surface area contributed by atoms with Gasteiger partial charge in [0.05, 0.1) is 24.2 Å². The van der Waals surface area contributed by atoms with Crippen LogP contribution in [-0.2, 0) is 14.8 Å². The Morgan fingerprint density at radius 2 is 1.64 bits per heavy atom. The van der Waals surface area contributed by atoms with E-state index < -0.39 is 27.7 Å². The average Bonchev–Trinajstić information content (AvgIpc) is 2.78. The van der Waals surface area contributed by atoms with Crippen molar-refractivity contribution >= 4 is 33.2 Å². The molecule has 0 bridgehead atoms. The Bertz CT molecular complexity index is 1260. The molecule has 8 nitrogen and oxygen atoms in total. The quantitative estimate of drug-likeness (QED) is 0.467. The number of anilines is 2. The Labute approximate surface area is 190 Å². The zero-order valence-corrected chi connectivity index (χ0v) is 18.7. The molecule has 0 heterocycles. The molecule has 0 atom stereocenters. The zero-order chi connectivity index (χ0) is 24.0. The Morgan fingerprint density at radius 1 is 0.970 bits per heavy atom. The van der Waals surface area contributed by atoms with Gasteiger partial charge in [0.25, 0.3) is 15.9 Å². The highest BCUT2D eigenvalue weighted by molar-refractivity contribution is 7.92. The number of halogens is 1. The standard InChI is InChI=1S/C23H22FN3O5S/c1-15-3-12-21(32-2)20(13-15)26-22(28)14-25-23(29)16-4-8-18(9-5-16)27-33(30,31)19-10-6-17(24)7-11-19/h3-13,27H,14H2,1-2H3,(H,25,29)(H,26,28). The van der Waals surface area contributed by atoms with Crippen LogP contribution in [0.5, 0.6) is 5.75 Å². The SMILES string of the molecule is COc1ccc(C)cc1NC(=O)CNC(=O)c1ccc(NS(=O)(=O)c2ccc(F)cc2)cc1. The van der Waals surface area contributed by atoms with Crippen molar-refractivity contribution in [1.29, 1.82) is 0 Å². The predicted octanol–water partition coefficient (Wildman–Crippen LogP) is 3.31. The van der Waals surface area contributed by atoms with Gasteiger partial charge >= 0.3 is 0 Å². The first-order valence-corrected chi connectivity index (χ1v) is 11.3. The lowest BCUT2D eigenvalue weighted by atomic mass is 10.2.